The van der Waals surface area contributed by atoms with E-state index in [-0.39, 0.29) is 17.8 Å². The number of hydrogen-bond donors (Lipinski definition) is 2. The fraction of sp³-hybridized carbons (Fsp3) is 0.405. The lowest BCUT2D eigenvalue weighted by Crippen LogP contribution is -2.53. The van der Waals surface area contributed by atoms with Gasteiger partial charge in [0.25, 0.3) is 0 Å². The van der Waals surface area contributed by atoms with Crippen LogP contribution in [-0.2, 0) is 16.1 Å². The number of rotatable bonds is 12. The van der Waals surface area contributed by atoms with Crippen molar-refractivity contribution in [1.82, 2.24) is 19.8 Å². The molecule has 3 aromatic carbocycles. The van der Waals surface area contributed by atoms with E-state index < -0.39 is 0 Å². The number of piperazine rings is 1. The van der Waals surface area contributed by atoms with Crippen molar-refractivity contribution >= 4 is 34.6 Å². The van der Waals surface area contributed by atoms with Crippen LogP contribution in [0.5, 0.6) is 5.75 Å². The molecule has 4 aliphatic rings. The molecule has 0 spiro atoms. The summed E-state index contributed by atoms with van der Waals surface area (Å²) < 4.78 is 19.4. The zero-order chi connectivity index (χ0) is 37.0. The monoisotopic (exact) mass is 732 g/mol. The Morgan fingerprint density at radius 1 is 0.889 bits per heavy atom. The van der Waals surface area contributed by atoms with E-state index in [0.717, 1.165) is 73.9 Å². The third-order valence-corrected chi connectivity index (χ3v) is 11.2. The van der Waals surface area contributed by atoms with Gasteiger partial charge in [-0.05, 0) is 73.1 Å². The molecule has 11 nitrogen and oxygen atoms in total. The van der Waals surface area contributed by atoms with Crippen LogP contribution in [-0.4, -0.2) is 90.7 Å². The Labute approximate surface area is 316 Å². The molecule has 0 radical (unpaired) electrons. The number of benzene rings is 3. The van der Waals surface area contributed by atoms with Crippen molar-refractivity contribution in [2.24, 2.45) is 0 Å². The normalized spacial score (nSPS) is 19.9. The second-order valence-electron chi connectivity index (χ2n) is 14.7. The first-order valence-corrected chi connectivity index (χ1v) is 19.2. The second kappa shape index (κ2) is 16.1. The van der Waals surface area contributed by atoms with E-state index in [2.05, 4.69) is 66.1 Å². The molecule has 12 heteroatoms. The number of hydrogen-bond acceptors (Lipinski definition) is 10. The molecular formula is C42H49FN8O3. The van der Waals surface area contributed by atoms with Crippen LogP contribution in [0.2, 0.25) is 0 Å². The van der Waals surface area contributed by atoms with Gasteiger partial charge in [-0.25, -0.2) is 19.4 Å². The summed E-state index contributed by atoms with van der Waals surface area (Å²) >= 11 is 0. The quantitative estimate of drug-likeness (QED) is 0.153. The Morgan fingerprint density at radius 3 is 2.33 bits per heavy atom. The second-order valence-corrected chi connectivity index (χ2v) is 14.7. The first-order chi connectivity index (χ1) is 26.4. The van der Waals surface area contributed by atoms with E-state index in [9.17, 15) is 9.18 Å². The fourth-order valence-electron chi connectivity index (χ4n) is 8.18. The van der Waals surface area contributed by atoms with Gasteiger partial charge in [-0.3, -0.25) is 19.4 Å². The average molecular weight is 733 g/mol. The van der Waals surface area contributed by atoms with Crippen LogP contribution in [0.25, 0.3) is 0 Å². The van der Waals surface area contributed by atoms with Crippen molar-refractivity contribution in [3.05, 3.63) is 108 Å². The Morgan fingerprint density at radius 2 is 1.63 bits per heavy atom. The van der Waals surface area contributed by atoms with E-state index >= 15 is 0 Å². The van der Waals surface area contributed by atoms with Gasteiger partial charge in [0, 0.05) is 69.9 Å². The number of aromatic nitrogens is 2. The molecule has 0 bridgehead atoms. The zero-order valence-electron chi connectivity index (χ0n) is 30.9. The average Bonchev–Trinajstić information content (AvgIpc) is 3.94. The lowest BCUT2D eigenvalue weighted by Gasteiger charge is -2.43. The molecule has 1 aliphatic carbocycles. The summed E-state index contributed by atoms with van der Waals surface area (Å²) in [5, 5.41) is 8.31. The maximum Gasteiger partial charge on any atom is 0.247 e. The summed E-state index contributed by atoms with van der Waals surface area (Å²) in [6.07, 6.45) is 9.18. The molecule has 4 heterocycles. The maximum atomic E-state index is 13.5. The number of nitrogens with zero attached hydrogens (tertiary/aromatic N) is 6. The van der Waals surface area contributed by atoms with Crippen LogP contribution >= 0.6 is 0 Å². The van der Waals surface area contributed by atoms with Crippen molar-refractivity contribution < 1.29 is 18.8 Å². The minimum absolute atomic E-state index is 0.0491. The van der Waals surface area contributed by atoms with Crippen LogP contribution in [0.1, 0.15) is 54.8 Å². The van der Waals surface area contributed by atoms with Gasteiger partial charge in [0.1, 0.15) is 23.7 Å². The van der Waals surface area contributed by atoms with Crippen molar-refractivity contribution in [1.29, 1.82) is 0 Å². The van der Waals surface area contributed by atoms with Gasteiger partial charge in [0.05, 0.1) is 36.8 Å². The van der Waals surface area contributed by atoms with Gasteiger partial charge < -0.3 is 20.3 Å². The molecule has 54 heavy (non-hydrogen) atoms. The van der Waals surface area contributed by atoms with Gasteiger partial charge in [-0.1, -0.05) is 43.0 Å². The standard InChI is InChI=1S/C42H49FN8O3/c1-3-42(52)47-35-25-36(39(53-2)26-38(35)50-16-13-34(14-17-50)49-20-18-48(19-21-49)33-11-12-33)46-40-27-41(45-28-44-40)51-37(15-22-54-51)31-6-4-5-30(24-31)23-29-7-9-32(43)10-8-29/h3-10,24-28,33-34,37H,1,11-23H2,2H3,(H,47,52)(H,44,45,46). The summed E-state index contributed by atoms with van der Waals surface area (Å²) in [4.78, 5) is 35.6. The SMILES string of the molecule is C=CC(=O)Nc1cc(Nc2cc(N3OCCC3c3cccc(Cc4ccc(F)cc4)c3)ncn2)c(OC)cc1N1CCC(N2CCN(C3CC3)CC2)CC1. The van der Waals surface area contributed by atoms with Gasteiger partial charge in [-0.2, -0.15) is 0 Å². The van der Waals surface area contributed by atoms with Crippen molar-refractivity contribution in [2.75, 3.05) is 73.6 Å². The van der Waals surface area contributed by atoms with Gasteiger partial charge in [0.15, 0.2) is 5.82 Å². The number of methoxy groups -OCH3 is 1. The molecule has 1 aromatic heterocycles. The highest BCUT2D eigenvalue weighted by molar-refractivity contribution is 6.02. The van der Waals surface area contributed by atoms with Crippen LogP contribution < -0.4 is 25.3 Å². The van der Waals surface area contributed by atoms with E-state index in [1.807, 2.05) is 35.4 Å². The Hall–Kier alpha value is -5.04. The minimum Gasteiger partial charge on any atom is -0.494 e. The largest absolute Gasteiger partial charge is 0.494 e. The number of piperidine rings is 1. The van der Waals surface area contributed by atoms with Gasteiger partial charge in [0.2, 0.25) is 5.91 Å². The molecule has 1 saturated carbocycles. The Balaban J connectivity index is 0.976. The number of ether oxygens (including phenoxy) is 1. The molecule has 4 fully saturated rings. The molecule has 8 rings (SSSR count). The number of carbonyl (C=O) groups excluding carboxylic acids is 1. The molecule has 3 saturated heterocycles. The fourth-order valence-corrected chi connectivity index (χ4v) is 8.18. The molecule has 4 aromatic rings. The van der Waals surface area contributed by atoms with Crippen molar-refractivity contribution in [3.63, 3.8) is 0 Å². The van der Waals surface area contributed by atoms with Crippen LogP contribution in [0, 0.1) is 5.82 Å². The van der Waals surface area contributed by atoms with Crippen molar-refractivity contribution in [3.8, 4) is 5.75 Å². The van der Waals surface area contributed by atoms with Crippen LogP contribution in [0.15, 0.2) is 85.7 Å². The third-order valence-electron chi connectivity index (χ3n) is 11.2. The van der Waals surface area contributed by atoms with E-state index in [0.29, 0.717) is 47.8 Å². The molecule has 1 amide bonds. The van der Waals surface area contributed by atoms with Crippen molar-refractivity contribution in [2.45, 2.75) is 56.7 Å². The minimum atomic E-state index is -0.279. The van der Waals surface area contributed by atoms with Gasteiger partial charge in [-0.15, -0.1) is 0 Å². The van der Waals surface area contributed by atoms with Gasteiger partial charge >= 0.3 is 0 Å². The number of halogens is 1. The van der Waals surface area contributed by atoms with E-state index in [1.165, 1.54) is 50.5 Å². The lowest BCUT2D eigenvalue weighted by molar-refractivity contribution is -0.111. The zero-order valence-corrected chi connectivity index (χ0v) is 30.9. The summed E-state index contributed by atoms with van der Waals surface area (Å²) in [6.45, 7) is 10.7. The highest BCUT2D eigenvalue weighted by atomic mass is 19.1. The summed E-state index contributed by atoms with van der Waals surface area (Å²) in [5.41, 5.74) is 5.55. The molecular weight excluding hydrogens is 684 g/mol. The number of nitrogens with one attached hydrogen (secondary N) is 2. The highest BCUT2D eigenvalue weighted by Gasteiger charge is 2.34. The highest BCUT2D eigenvalue weighted by Crippen LogP contribution is 2.41. The summed E-state index contributed by atoms with van der Waals surface area (Å²) in [7, 11) is 1.65. The Kier molecular flexibility index (Phi) is 10.7. The molecule has 282 valence electrons. The molecule has 3 aliphatic heterocycles. The number of carbonyl (C=O) groups is 1. The first kappa shape index (κ1) is 36.0. The number of anilines is 5. The molecule has 1 unspecified atom stereocenters. The first-order valence-electron chi connectivity index (χ1n) is 19.2. The van der Waals surface area contributed by atoms with Crippen LogP contribution in [0.3, 0.4) is 0 Å². The maximum absolute atomic E-state index is 13.5. The summed E-state index contributed by atoms with van der Waals surface area (Å²) in [6, 6.07) is 22.2. The Bertz CT molecular complexity index is 1940. The topological polar surface area (TPSA) is 98.3 Å². The van der Waals surface area contributed by atoms with E-state index in [4.69, 9.17) is 9.57 Å². The predicted octanol–water partition coefficient (Wildman–Crippen LogP) is 6.72. The summed E-state index contributed by atoms with van der Waals surface area (Å²) in [5.74, 6) is 1.28. The van der Waals surface area contributed by atoms with E-state index in [1.54, 1.807) is 7.11 Å². The predicted molar refractivity (Wildman–Crippen MR) is 210 cm³/mol. The lowest BCUT2D eigenvalue weighted by atomic mass is 9.98. The van der Waals surface area contributed by atoms with Crippen LogP contribution in [0.4, 0.5) is 33.1 Å². The molecule has 1 atom stereocenters. The smallest absolute Gasteiger partial charge is 0.247 e. The number of hydroxylamine groups is 1. The number of amides is 1. The third kappa shape index (κ3) is 8.20. The molecule has 2 N–H and O–H groups in total.